The number of benzene rings is 3. The van der Waals surface area contributed by atoms with Gasteiger partial charge in [0.15, 0.2) is 0 Å². The number of para-hydroxylation sites is 1. The summed E-state index contributed by atoms with van der Waals surface area (Å²) in [6.45, 7) is 4.44. The molecule has 1 amide bonds. The Morgan fingerprint density at radius 1 is 0.912 bits per heavy atom. The van der Waals surface area contributed by atoms with Crippen molar-refractivity contribution in [2.45, 2.75) is 19.9 Å². The zero-order valence-electron chi connectivity index (χ0n) is 18.9. The Kier molecular flexibility index (Phi) is 6.54. The van der Waals surface area contributed by atoms with Crippen molar-refractivity contribution in [3.05, 3.63) is 89.5 Å². The highest BCUT2D eigenvalue weighted by Crippen LogP contribution is 2.44. The highest BCUT2D eigenvalue weighted by Gasteiger charge is 2.47. The van der Waals surface area contributed by atoms with Crippen molar-refractivity contribution in [2.75, 3.05) is 18.1 Å². The van der Waals surface area contributed by atoms with Crippen LogP contribution in [0.3, 0.4) is 0 Å². The topological polar surface area (TPSA) is 96.3 Å². The van der Waals surface area contributed by atoms with Crippen LogP contribution in [0.25, 0.3) is 5.76 Å². The molecule has 0 saturated carbocycles. The predicted octanol–water partition coefficient (Wildman–Crippen LogP) is 4.82. The number of phenolic OH excluding ortho intramolecular Hbond substituents is 1. The number of ether oxygens (including phenoxy) is 2. The summed E-state index contributed by atoms with van der Waals surface area (Å²) >= 11 is 0. The lowest BCUT2D eigenvalue weighted by atomic mass is 9.94. The molecule has 1 heterocycles. The average Bonchev–Trinajstić information content (AvgIpc) is 3.10. The monoisotopic (exact) mass is 459 g/mol. The molecule has 174 valence electrons. The number of nitrogens with zero attached hydrogens (tertiary/aromatic N) is 1. The van der Waals surface area contributed by atoms with E-state index in [2.05, 4.69) is 0 Å². The molecule has 0 aromatic heterocycles. The minimum Gasteiger partial charge on any atom is -0.508 e. The number of anilines is 1. The Hall–Kier alpha value is -4.26. The van der Waals surface area contributed by atoms with Gasteiger partial charge in [-0.1, -0.05) is 30.3 Å². The van der Waals surface area contributed by atoms with Crippen molar-refractivity contribution < 1.29 is 29.3 Å². The molecule has 34 heavy (non-hydrogen) atoms. The van der Waals surface area contributed by atoms with Crippen molar-refractivity contribution in [3.8, 4) is 17.2 Å². The summed E-state index contributed by atoms with van der Waals surface area (Å²) in [5, 5.41) is 21.5. The molecule has 1 saturated heterocycles. The minimum atomic E-state index is -0.949. The van der Waals surface area contributed by atoms with E-state index in [1.165, 1.54) is 17.0 Å². The fourth-order valence-corrected chi connectivity index (χ4v) is 4.07. The number of rotatable bonds is 7. The SMILES string of the molecule is CCOc1ccc(/C(O)=C2/C(=O)C(=O)N(c3ccccc3)C2c2cccc(O)c2)c(OCC)c1. The van der Waals surface area contributed by atoms with Crippen LogP contribution in [0, 0.1) is 0 Å². The molecule has 4 rings (SSSR count). The predicted molar refractivity (Wildman–Crippen MR) is 128 cm³/mol. The summed E-state index contributed by atoms with van der Waals surface area (Å²) in [5.41, 5.74) is 1.15. The molecule has 3 aromatic carbocycles. The largest absolute Gasteiger partial charge is 0.508 e. The molecule has 0 spiro atoms. The zero-order valence-corrected chi connectivity index (χ0v) is 18.9. The second-order valence-corrected chi connectivity index (χ2v) is 7.62. The molecule has 0 aliphatic carbocycles. The summed E-state index contributed by atoms with van der Waals surface area (Å²) in [4.78, 5) is 27.8. The summed E-state index contributed by atoms with van der Waals surface area (Å²) in [6.07, 6.45) is 0. The van der Waals surface area contributed by atoms with Crippen LogP contribution in [-0.4, -0.2) is 35.1 Å². The standard InChI is InChI=1S/C27H25NO6/c1-3-33-20-13-14-21(22(16-20)34-4-2)25(30)23-24(17-9-8-12-19(29)15-17)28(27(32)26(23)31)18-10-6-5-7-11-18/h5-16,24,29-30H,3-4H2,1-2H3/b25-23-. The van der Waals surface area contributed by atoms with Gasteiger partial charge in [-0.05, 0) is 55.8 Å². The molecule has 0 radical (unpaired) electrons. The van der Waals surface area contributed by atoms with Gasteiger partial charge in [-0.25, -0.2) is 0 Å². The van der Waals surface area contributed by atoms with Gasteiger partial charge in [-0.15, -0.1) is 0 Å². The summed E-state index contributed by atoms with van der Waals surface area (Å²) in [5.74, 6) is -1.11. The summed E-state index contributed by atoms with van der Waals surface area (Å²) in [7, 11) is 0. The summed E-state index contributed by atoms with van der Waals surface area (Å²) in [6, 6.07) is 19.0. The quantitative estimate of drug-likeness (QED) is 0.299. The van der Waals surface area contributed by atoms with Crippen molar-refractivity contribution in [1.29, 1.82) is 0 Å². The van der Waals surface area contributed by atoms with E-state index in [0.717, 1.165) is 0 Å². The maximum Gasteiger partial charge on any atom is 0.300 e. The number of hydrogen-bond acceptors (Lipinski definition) is 6. The number of hydrogen-bond donors (Lipinski definition) is 2. The maximum absolute atomic E-state index is 13.3. The lowest BCUT2D eigenvalue weighted by Gasteiger charge is -2.25. The van der Waals surface area contributed by atoms with E-state index < -0.39 is 17.7 Å². The molecular formula is C27H25NO6. The number of phenols is 1. The Morgan fingerprint density at radius 3 is 2.32 bits per heavy atom. The molecular weight excluding hydrogens is 434 g/mol. The molecule has 3 aromatic rings. The Morgan fingerprint density at radius 2 is 1.65 bits per heavy atom. The van der Waals surface area contributed by atoms with Gasteiger partial charge in [0.25, 0.3) is 11.7 Å². The second kappa shape index (κ2) is 9.70. The number of aliphatic hydroxyl groups is 1. The highest BCUT2D eigenvalue weighted by molar-refractivity contribution is 6.51. The van der Waals surface area contributed by atoms with E-state index in [1.54, 1.807) is 67.6 Å². The molecule has 7 nitrogen and oxygen atoms in total. The van der Waals surface area contributed by atoms with E-state index in [4.69, 9.17) is 9.47 Å². The number of amides is 1. The van der Waals surface area contributed by atoms with E-state index in [9.17, 15) is 19.8 Å². The molecule has 1 aliphatic heterocycles. The normalized spacial score (nSPS) is 17.1. The first-order valence-corrected chi connectivity index (χ1v) is 11.0. The maximum atomic E-state index is 13.3. The Balaban J connectivity index is 1.94. The van der Waals surface area contributed by atoms with Crippen molar-refractivity contribution in [2.24, 2.45) is 0 Å². The van der Waals surface area contributed by atoms with Crippen LogP contribution < -0.4 is 14.4 Å². The van der Waals surface area contributed by atoms with Crippen molar-refractivity contribution >= 4 is 23.1 Å². The molecule has 1 aliphatic rings. The molecule has 0 bridgehead atoms. The van der Waals surface area contributed by atoms with Gasteiger partial charge in [0.05, 0.1) is 30.4 Å². The molecule has 1 unspecified atom stereocenters. The van der Waals surface area contributed by atoms with Crippen molar-refractivity contribution in [3.63, 3.8) is 0 Å². The number of ketones is 1. The third-order valence-corrected chi connectivity index (χ3v) is 5.48. The van der Waals surface area contributed by atoms with Gasteiger partial charge in [0.1, 0.15) is 23.0 Å². The molecule has 2 N–H and O–H groups in total. The van der Waals surface area contributed by atoms with E-state index in [0.29, 0.717) is 36.0 Å². The van der Waals surface area contributed by atoms with Crippen LogP contribution >= 0.6 is 0 Å². The Bertz CT molecular complexity index is 1250. The molecule has 1 atom stereocenters. The molecule has 1 fully saturated rings. The lowest BCUT2D eigenvalue weighted by molar-refractivity contribution is -0.132. The number of aliphatic hydroxyl groups excluding tert-OH is 1. The zero-order chi connectivity index (χ0) is 24.2. The van der Waals surface area contributed by atoms with Crippen LogP contribution in [0.15, 0.2) is 78.4 Å². The Labute approximate surface area is 197 Å². The van der Waals surface area contributed by atoms with Crippen molar-refractivity contribution in [1.82, 2.24) is 0 Å². The van der Waals surface area contributed by atoms with Gasteiger partial charge in [0.2, 0.25) is 0 Å². The fourth-order valence-electron chi connectivity index (χ4n) is 4.07. The first-order valence-electron chi connectivity index (χ1n) is 11.0. The number of carbonyl (C=O) groups is 2. The first-order chi connectivity index (χ1) is 16.5. The fraction of sp³-hybridized carbons (Fsp3) is 0.185. The van der Waals surface area contributed by atoms with Gasteiger partial charge in [0, 0.05) is 11.8 Å². The van der Waals surface area contributed by atoms with Crippen LogP contribution in [0.4, 0.5) is 5.69 Å². The van der Waals surface area contributed by atoms with Crippen LogP contribution in [0.1, 0.15) is 31.0 Å². The number of Topliss-reactive ketones (excluding diaryl/α,β-unsaturated/α-hetero) is 1. The van der Waals surface area contributed by atoms with E-state index in [-0.39, 0.29) is 22.6 Å². The summed E-state index contributed by atoms with van der Waals surface area (Å²) < 4.78 is 11.2. The third-order valence-electron chi connectivity index (χ3n) is 5.48. The lowest BCUT2D eigenvalue weighted by Crippen LogP contribution is -2.29. The average molecular weight is 459 g/mol. The minimum absolute atomic E-state index is 0.0211. The first kappa shape index (κ1) is 22.9. The van der Waals surface area contributed by atoms with Crippen LogP contribution in [-0.2, 0) is 9.59 Å². The van der Waals surface area contributed by atoms with Gasteiger partial charge in [-0.3, -0.25) is 14.5 Å². The van der Waals surface area contributed by atoms with E-state index in [1.807, 2.05) is 6.92 Å². The third kappa shape index (κ3) is 4.20. The molecule has 7 heteroatoms. The van der Waals surface area contributed by atoms with Gasteiger partial charge >= 0.3 is 0 Å². The van der Waals surface area contributed by atoms with Crippen LogP contribution in [0.2, 0.25) is 0 Å². The highest BCUT2D eigenvalue weighted by atomic mass is 16.5. The second-order valence-electron chi connectivity index (χ2n) is 7.62. The number of aromatic hydroxyl groups is 1. The van der Waals surface area contributed by atoms with Gasteiger partial charge in [-0.2, -0.15) is 0 Å². The van der Waals surface area contributed by atoms with E-state index >= 15 is 0 Å². The smallest absolute Gasteiger partial charge is 0.300 e. The van der Waals surface area contributed by atoms with Gasteiger partial charge < -0.3 is 19.7 Å². The van der Waals surface area contributed by atoms with Crippen LogP contribution in [0.5, 0.6) is 17.2 Å². The number of carbonyl (C=O) groups excluding carboxylic acids is 2.